The van der Waals surface area contributed by atoms with Gasteiger partial charge < -0.3 is 9.80 Å². The van der Waals surface area contributed by atoms with Crippen LogP contribution in [0.5, 0.6) is 0 Å². The molecule has 0 aliphatic carbocycles. The highest BCUT2D eigenvalue weighted by atomic mass is 16.2. The van der Waals surface area contributed by atoms with Gasteiger partial charge in [0.2, 0.25) is 11.9 Å². The summed E-state index contributed by atoms with van der Waals surface area (Å²) < 4.78 is 1.73. The maximum atomic E-state index is 12.5. The fraction of sp³-hybridized carbons (Fsp3) is 0.529. The molecule has 1 atom stereocenters. The first-order chi connectivity index (χ1) is 11.6. The number of carbonyl (C=O) groups is 1. The van der Waals surface area contributed by atoms with Crippen LogP contribution in [0.4, 0.5) is 11.6 Å². The third-order valence-corrected chi connectivity index (χ3v) is 5.14. The first-order valence-corrected chi connectivity index (χ1v) is 8.43. The molecule has 0 N–H and O–H groups in total. The van der Waals surface area contributed by atoms with Crippen molar-refractivity contribution in [3.05, 3.63) is 30.4 Å². The maximum Gasteiger partial charge on any atom is 0.227 e. The van der Waals surface area contributed by atoms with Gasteiger partial charge in [-0.25, -0.2) is 9.97 Å². The van der Waals surface area contributed by atoms with Crippen LogP contribution in [0.3, 0.4) is 0 Å². The van der Waals surface area contributed by atoms with Crippen LogP contribution < -0.4 is 9.80 Å². The van der Waals surface area contributed by atoms with Crippen molar-refractivity contribution in [2.75, 3.05) is 29.4 Å². The Morgan fingerprint density at radius 3 is 2.67 bits per heavy atom. The van der Waals surface area contributed by atoms with Gasteiger partial charge in [-0.05, 0) is 18.4 Å². The Morgan fingerprint density at radius 2 is 2.00 bits per heavy atom. The van der Waals surface area contributed by atoms with E-state index in [4.69, 9.17) is 0 Å². The molecule has 2 aromatic heterocycles. The van der Waals surface area contributed by atoms with Crippen molar-refractivity contribution in [1.29, 1.82) is 0 Å². The summed E-state index contributed by atoms with van der Waals surface area (Å²) in [5.41, 5.74) is 2.03. The summed E-state index contributed by atoms with van der Waals surface area (Å²) in [6.07, 6.45) is 9.98. The average Bonchev–Trinajstić information content (AvgIpc) is 3.27. The summed E-state index contributed by atoms with van der Waals surface area (Å²) in [5.74, 6) is 0.962. The second-order valence-corrected chi connectivity index (χ2v) is 6.95. The average molecular weight is 326 g/mol. The molecule has 7 heteroatoms. The van der Waals surface area contributed by atoms with Crippen LogP contribution in [-0.2, 0) is 18.3 Å². The second kappa shape index (κ2) is 5.58. The zero-order valence-electron chi connectivity index (χ0n) is 14.1. The highest BCUT2D eigenvalue weighted by molar-refractivity contribution is 5.96. The van der Waals surface area contributed by atoms with Gasteiger partial charge in [0.15, 0.2) is 0 Å². The standard InChI is InChI=1S/C17H22N6O/c1-3-13-7-18-16(19-8-13)22-5-4-17(11-22)6-15(24)23(12-17)14-9-20-21(2)10-14/h7-10H,3-6,11-12H2,1-2H3/t17-/m0/s1. The predicted molar refractivity (Wildman–Crippen MR) is 90.9 cm³/mol. The minimum Gasteiger partial charge on any atom is -0.340 e. The van der Waals surface area contributed by atoms with Crippen molar-refractivity contribution in [3.8, 4) is 0 Å². The van der Waals surface area contributed by atoms with Crippen LogP contribution in [-0.4, -0.2) is 45.3 Å². The van der Waals surface area contributed by atoms with E-state index in [1.54, 1.807) is 10.9 Å². The lowest BCUT2D eigenvalue weighted by atomic mass is 9.86. The Kier molecular flexibility index (Phi) is 3.51. The molecule has 1 amide bonds. The fourth-order valence-electron chi connectivity index (χ4n) is 3.75. The molecule has 2 saturated heterocycles. The van der Waals surface area contributed by atoms with Crippen LogP contribution in [0, 0.1) is 5.41 Å². The third-order valence-electron chi connectivity index (χ3n) is 5.14. The normalized spacial score (nSPS) is 23.7. The number of anilines is 2. The van der Waals surface area contributed by atoms with Gasteiger partial charge in [0, 0.05) is 57.1 Å². The van der Waals surface area contributed by atoms with Gasteiger partial charge in [0.25, 0.3) is 0 Å². The fourth-order valence-corrected chi connectivity index (χ4v) is 3.75. The molecule has 2 aliphatic rings. The van der Waals surface area contributed by atoms with Crippen molar-refractivity contribution >= 4 is 17.5 Å². The molecule has 1 spiro atoms. The second-order valence-electron chi connectivity index (χ2n) is 6.95. The first kappa shape index (κ1) is 15.1. The van der Waals surface area contributed by atoms with E-state index in [0.717, 1.165) is 49.7 Å². The molecule has 126 valence electrons. The van der Waals surface area contributed by atoms with Gasteiger partial charge in [-0.2, -0.15) is 5.10 Å². The molecule has 2 fully saturated rings. The quantitative estimate of drug-likeness (QED) is 0.853. The molecule has 0 bridgehead atoms. The molecular weight excluding hydrogens is 304 g/mol. The summed E-state index contributed by atoms with van der Waals surface area (Å²) in [7, 11) is 1.87. The van der Waals surface area contributed by atoms with Crippen molar-refractivity contribution in [2.24, 2.45) is 12.5 Å². The first-order valence-electron chi connectivity index (χ1n) is 8.43. The Bertz CT molecular complexity index is 755. The van der Waals surface area contributed by atoms with Crippen molar-refractivity contribution in [3.63, 3.8) is 0 Å². The Balaban J connectivity index is 1.50. The maximum absolute atomic E-state index is 12.5. The molecule has 2 aromatic rings. The number of hydrogen-bond acceptors (Lipinski definition) is 5. The lowest BCUT2D eigenvalue weighted by Crippen LogP contribution is -2.31. The molecular formula is C17H22N6O. The summed E-state index contributed by atoms with van der Waals surface area (Å²) in [5, 5.41) is 4.18. The van der Waals surface area contributed by atoms with E-state index < -0.39 is 0 Å². The molecule has 2 aliphatic heterocycles. The van der Waals surface area contributed by atoms with E-state index in [1.165, 1.54) is 0 Å². The van der Waals surface area contributed by atoms with E-state index in [2.05, 4.69) is 26.9 Å². The van der Waals surface area contributed by atoms with E-state index in [-0.39, 0.29) is 11.3 Å². The molecule has 24 heavy (non-hydrogen) atoms. The van der Waals surface area contributed by atoms with Gasteiger partial charge >= 0.3 is 0 Å². The number of amides is 1. The molecule has 4 rings (SSSR count). The highest BCUT2D eigenvalue weighted by Gasteiger charge is 2.48. The van der Waals surface area contributed by atoms with Crippen LogP contribution in [0.15, 0.2) is 24.8 Å². The van der Waals surface area contributed by atoms with Crippen molar-refractivity contribution in [2.45, 2.75) is 26.2 Å². The number of hydrogen-bond donors (Lipinski definition) is 0. The van der Waals surface area contributed by atoms with Gasteiger partial charge in [0.1, 0.15) is 0 Å². The topological polar surface area (TPSA) is 67.2 Å². The lowest BCUT2D eigenvalue weighted by molar-refractivity contribution is -0.117. The minimum absolute atomic E-state index is 0.000285. The van der Waals surface area contributed by atoms with Gasteiger partial charge in [-0.15, -0.1) is 0 Å². The van der Waals surface area contributed by atoms with Gasteiger partial charge in [0.05, 0.1) is 11.9 Å². The number of carbonyl (C=O) groups excluding carboxylic acids is 1. The summed E-state index contributed by atoms with van der Waals surface area (Å²) in [6, 6.07) is 0. The number of aromatic nitrogens is 4. The van der Waals surface area contributed by atoms with E-state index in [0.29, 0.717) is 6.42 Å². The molecule has 0 unspecified atom stereocenters. The number of rotatable bonds is 3. The van der Waals surface area contributed by atoms with E-state index in [1.807, 2.05) is 30.5 Å². The Hall–Kier alpha value is -2.44. The predicted octanol–water partition coefficient (Wildman–Crippen LogP) is 1.41. The number of aryl methyl sites for hydroxylation is 2. The monoisotopic (exact) mass is 326 g/mol. The minimum atomic E-state index is -0.000285. The van der Waals surface area contributed by atoms with E-state index in [9.17, 15) is 4.79 Å². The Labute approximate surface area is 141 Å². The zero-order valence-corrected chi connectivity index (χ0v) is 14.1. The third kappa shape index (κ3) is 2.53. The molecule has 4 heterocycles. The van der Waals surface area contributed by atoms with Crippen LogP contribution in [0.2, 0.25) is 0 Å². The zero-order chi connectivity index (χ0) is 16.7. The summed E-state index contributed by atoms with van der Waals surface area (Å²) in [6.45, 7) is 4.59. The van der Waals surface area contributed by atoms with E-state index >= 15 is 0 Å². The van der Waals surface area contributed by atoms with Crippen molar-refractivity contribution in [1.82, 2.24) is 19.7 Å². The van der Waals surface area contributed by atoms with Gasteiger partial charge in [-0.1, -0.05) is 6.92 Å². The molecule has 0 aromatic carbocycles. The van der Waals surface area contributed by atoms with Crippen LogP contribution in [0.1, 0.15) is 25.3 Å². The molecule has 0 saturated carbocycles. The molecule has 0 radical (unpaired) electrons. The highest BCUT2D eigenvalue weighted by Crippen LogP contribution is 2.42. The largest absolute Gasteiger partial charge is 0.340 e. The molecule has 7 nitrogen and oxygen atoms in total. The SMILES string of the molecule is CCc1cnc(N2CC[C@]3(CC(=O)N(c4cnn(C)c4)C3)C2)nc1. The number of nitrogens with zero attached hydrogens (tertiary/aromatic N) is 6. The lowest BCUT2D eigenvalue weighted by Gasteiger charge is -2.23. The van der Waals surface area contributed by atoms with Crippen LogP contribution >= 0.6 is 0 Å². The van der Waals surface area contributed by atoms with Crippen LogP contribution in [0.25, 0.3) is 0 Å². The Morgan fingerprint density at radius 1 is 1.21 bits per heavy atom. The summed E-state index contributed by atoms with van der Waals surface area (Å²) >= 11 is 0. The smallest absolute Gasteiger partial charge is 0.227 e. The van der Waals surface area contributed by atoms with Gasteiger partial charge in [-0.3, -0.25) is 9.48 Å². The van der Waals surface area contributed by atoms with Crippen molar-refractivity contribution < 1.29 is 4.79 Å². The summed E-state index contributed by atoms with van der Waals surface area (Å²) in [4.78, 5) is 25.6.